The van der Waals surface area contributed by atoms with Crippen LogP contribution in [0.1, 0.15) is 5.56 Å². The van der Waals surface area contributed by atoms with Gasteiger partial charge < -0.3 is 0 Å². The average molecular weight is 574 g/mol. The zero-order valence-corrected chi connectivity index (χ0v) is 24.5. The zero-order valence-electron chi connectivity index (χ0n) is 24.5. The van der Waals surface area contributed by atoms with Crippen molar-refractivity contribution >= 4 is 66.2 Å². The number of fused-ring (bicyclic) bond motifs is 10. The fourth-order valence-electron chi connectivity index (χ4n) is 6.76. The Hall–Kier alpha value is -6.06. The van der Waals surface area contributed by atoms with Crippen LogP contribution in [-0.4, -0.2) is 14.4 Å². The number of hydrogen-bond acceptors (Lipinski definition) is 2. The van der Waals surface area contributed by atoms with Crippen LogP contribution in [-0.2, 0) is 0 Å². The largest absolute Gasteiger partial charge is 0.292 e. The van der Waals surface area contributed by atoms with Gasteiger partial charge in [-0.05, 0) is 81.7 Å². The van der Waals surface area contributed by atoms with Crippen LogP contribution in [0.5, 0.6) is 0 Å². The molecule has 3 aromatic heterocycles. The first-order valence-electron chi connectivity index (χ1n) is 15.2. The monoisotopic (exact) mass is 573 g/mol. The van der Waals surface area contributed by atoms with Gasteiger partial charge in [-0.25, -0.2) is 9.97 Å². The van der Waals surface area contributed by atoms with Gasteiger partial charge in [-0.1, -0.05) is 110 Å². The molecule has 9 rings (SSSR count). The third-order valence-corrected chi connectivity index (χ3v) is 8.86. The molecule has 0 aliphatic heterocycles. The van der Waals surface area contributed by atoms with Crippen molar-refractivity contribution in [1.29, 1.82) is 0 Å². The second-order valence-electron chi connectivity index (χ2n) is 11.5. The lowest BCUT2D eigenvalue weighted by atomic mass is 9.93. The van der Waals surface area contributed by atoms with E-state index in [1.807, 2.05) is 18.2 Å². The fourth-order valence-corrected chi connectivity index (χ4v) is 6.76. The summed E-state index contributed by atoms with van der Waals surface area (Å²) in [5.74, 6) is 0. The van der Waals surface area contributed by atoms with Crippen molar-refractivity contribution in [2.45, 2.75) is 0 Å². The molecule has 0 amide bonds. The van der Waals surface area contributed by atoms with E-state index >= 15 is 0 Å². The summed E-state index contributed by atoms with van der Waals surface area (Å²) in [6.07, 6.45) is 5.95. The first kappa shape index (κ1) is 25.4. The molecule has 0 saturated carbocycles. The lowest BCUT2D eigenvalue weighted by Gasteiger charge is -2.13. The number of allylic oxidation sites excluding steroid dienone is 2. The van der Waals surface area contributed by atoms with Crippen molar-refractivity contribution in [3.05, 3.63) is 158 Å². The maximum atomic E-state index is 5.07. The van der Waals surface area contributed by atoms with Gasteiger partial charge in [0.15, 0.2) is 0 Å². The summed E-state index contributed by atoms with van der Waals surface area (Å²) in [6.45, 7) is 3.91. The van der Waals surface area contributed by atoms with Gasteiger partial charge in [-0.3, -0.25) is 4.40 Å². The topological polar surface area (TPSA) is 30.2 Å². The molecule has 0 bridgehead atoms. The minimum atomic E-state index is 0.983. The number of benzene rings is 6. The van der Waals surface area contributed by atoms with Crippen molar-refractivity contribution in [1.82, 2.24) is 14.4 Å². The van der Waals surface area contributed by atoms with E-state index in [0.29, 0.717) is 0 Å². The third-order valence-electron chi connectivity index (χ3n) is 8.86. The van der Waals surface area contributed by atoms with Gasteiger partial charge in [0.1, 0.15) is 5.65 Å². The summed E-state index contributed by atoms with van der Waals surface area (Å²) in [6, 6.07) is 47.6. The first-order chi connectivity index (χ1) is 22.2. The van der Waals surface area contributed by atoms with E-state index in [1.165, 1.54) is 10.8 Å². The lowest BCUT2D eigenvalue weighted by Crippen LogP contribution is -1.92. The highest BCUT2D eigenvalue weighted by atomic mass is 15.0. The lowest BCUT2D eigenvalue weighted by molar-refractivity contribution is 1.31. The summed E-state index contributed by atoms with van der Waals surface area (Å²) in [4.78, 5) is 10.1. The first-order valence-corrected chi connectivity index (χ1v) is 15.2. The van der Waals surface area contributed by atoms with E-state index in [2.05, 4.69) is 144 Å². The van der Waals surface area contributed by atoms with Gasteiger partial charge in [0.2, 0.25) is 0 Å². The average Bonchev–Trinajstić information content (AvgIpc) is 3.50. The molecule has 0 N–H and O–H groups in total. The molecule has 9 aromatic rings. The molecule has 0 atom stereocenters. The van der Waals surface area contributed by atoms with Crippen molar-refractivity contribution in [2.75, 3.05) is 0 Å². The maximum absolute atomic E-state index is 5.07. The molecule has 0 aliphatic carbocycles. The molecule has 0 fully saturated rings. The standard InChI is InChI=1S/C42H27N3/c1-2-3-11-29-23-32-24-31-12-4-7-17-37(31)43-39(32)26-36(29)30-14-10-13-27(22-30)28-20-21-34-33-15-5-6-16-35(33)42-44-38-18-8-9-19-40(38)45(42)41(34)25-28/h2-26H,1H2/b11-3-. The van der Waals surface area contributed by atoms with Crippen molar-refractivity contribution < 1.29 is 0 Å². The minimum absolute atomic E-state index is 0.983. The Balaban J connectivity index is 1.26. The van der Waals surface area contributed by atoms with E-state index < -0.39 is 0 Å². The van der Waals surface area contributed by atoms with Crippen LogP contribution in [0.2, 0.25) is 0 Å². The molecule has 0 aliphatic rings. The number of pyridine rings is 2. The molecule has 6 aromatic carbocycles. The van der Waals surface area contributed by atoms with Crippen LogP contribution < -0.4 is 0 Å². The minimum Gasteiger partial charge on any atom is -0.292 e. The number of hydrogen-bond donors (Lipinski definition) is 0. The molecule has 45 heavy (non-hydrogen) atoms. The third kappa shape index (κ3) is 4.05. The summed E-state index contributed by atoms with van der Waals surface area (Å²) >= 11 is 0. The van der Waals surface area contributed by atoms with Crippen LogP contribution in [0.15, 0.2) is 152 Å². The van der Waals surface area contributed by atoms with Crippen molar-refractivity contribution in [2.24, 2.45) is 0 Å². The number of imidazole rings is 1. The summed E-state index contributed by atoms with van der Waals surface area (Å²) in [7, 11) is 0. The molecule has 0 saturated heterocycles. The van der Waals surface area contributed by atoms with Gasteiger partial charge in [0, 0.05) is 21.5 Å². The molecule has 3 heterocycles. The Morgan fingerprint density at radius 3 is 2.20 bits per heavy atom. The molecule has 0 spiro atoms. The van der Waals surface area contributed by atoms with Gasteiger partial charge >= 0.3 is 0 Å². The van der Waals surface area contributed by atoms with E-state index in [9.17, 15) is 0 Å². The van der Waals surface area contributed by atoms with Gasteiger partial charge in [0.25, 0.3) is 0 Å². The van der Waals surface area contributed by atoms with Crippen molar-refractivity contribution in [3.8, 4) is 22.3 Å². The molecule has 3 heteroatoms. The second-order valence-corrected chi connectivity index (χ2v) is 11.5. The Labute approximate surface area is 260 Å². The summed E-state index contributed by atoms with van der Waals surface area (Å²) in [5.41, 5.74) is 12.0. The number of aromatic nitrogens is 3. The molecular weight excluding hydrogens is 546 g/mol. The number of nitrogens with zero attached hydrogens (tertiary/aromatic N) is 3. The van der Waals surface area contributed by atoms with Gasteiger partial charge in [0.05, 0.1) is 27.6 Å². The predicted octanol–water partition coefficient (Wildman–Crippen LogP) is 11.0. The van der Waals surface area contributed by atoms with Crippen LogP contribution in [0.25, 0.3) is 88.5 Å². The van der Waals surface area contributed by atoms with Crippen LogP contribution in [0.4, 0.5) is 0 Å². The fraction of sp³-hybridized carbons (Fsp3) is 0. The number of rotatable bonds is 4. The Kier molecular flexibility index (Phi) is 5.66. The maximum Gasteiger partial charge on any atom is 0.146 e. The Morgan fingerprint density at radius 1 is 0.511 bits per heavy atom. The summed E-state index contributed by atoms with van der Waals surface area (Å²) in [5, 5.41) is 5.85. The van der Waals surface area contributed by atoms with E-state index in [-0.39, 0.29) is 0 Å². The normalized spacial score (nSPS) is 12.0. The zero-order chi connectivity index (χ0) is 29.9. The Bertz CT molecular complexity index is 2680. The molecule has 0 unspecified atom stereocenters. The van der Waals surface area contributed by atoms with E-state index in [4.69, 9.17) is 9.97 Å². The highest BCUT2D eigenvalue weighted by molar-refractivity contribution is 6.14. The van der Waals surface area contributed by atoms with Crippen LogP contribution in [0.3, 0.4) is 0 Å². The Morgan fingerprint density at radius 2 is 1.29 bits per heavy atom. The number of para-hydroxylation sites is 3. The molecule has 0 radical (unpaired) electrons. The van der Waals surface area contributed by atoms with E-state index in [0.717, 1.165) is 77.2 Å². The molecule has 210 valence electrons. The van der Waals surface area contributed by atoms with Crippen LogP contribution >= 0.6 is 0 Å². The molecule has 3 nitrogen and oxygen atoms in total. The van der Waals surface area contributed by atoms with Crippen molar-refractivity contribution in [3.63, 3.8) is 0 Å². The molecular formula is C42H27N3. The SMILES string of the molecule is C=C/C=C\c1cc2cc3ccccc3nc2cc1-c1cccc(-c2ccc3c4ccccc4c4nc5ccccc5n4c3c2)c1. The predicted molar refractivity (Wildman–Crippen MR) is 191 cm³/mol. The highest BCUT2D eigenvalue weighted by Crippen LogP contribution is 2.37. The quantitative estimate of drug-likeness (QED) is 0.119. The van der Waals surface area contributed by atoms with Crippen LogP contribution in [0, 0.1) is 0 Å². The summed E-state index contributed by atoms with van der Waals surface area (Å²) < 4.78 is 2.32. The van der Waals surface area contributed by atoms with Gasteiger partial charge in [-0.15, -0.1) is 0 Å². The van der Waals surface area contributed by atoms with Gasteiger partial charge in [-0.2, -0.15) is 0 Å². The second kappa shape index (κ2) is 10.0. The highest BCUT2D eigenvalue weighted by Gasteiger charge is 2.15. The smallest absolute Gasteiger partial charge is 0.146 e. The van der Waals surface area contributed by atoms with E-state index in [1.54, 1.807) is 0 Å².